The minimum atomic E-state index is -3.32. The molecule has 12 heteroatoms. The predicted octanol–water partition coefficient (Wildman–Crippen LogP) is 4.04. The number of hydrogen-bond acceptors (Lipinski definition) is 8. The molecule has 0 spiro atoms. The van der Waals surface area contributed by atoms with Crippen LogP contribution >= 0.6 is 0 Å². The van der Waals surface area contributed by atoms with E-state index in [1.165, 1.54) is 4.90 Å². The quantitative estimate of drug-likeness (QED) is 0.444. The molecule has 2 N–H and O–H groups in total. The van der Waals surface area contributed by atoms with E-state index in [1.807, 2.05) is 6.07 Å². The number of carbonyl (C=O) groups excluding carboxylic acids is 2. The van der Waals surface area contributed by atoms with E-state index in [-0.39, 0.29) is 43.6 Å². The number of nitrogens with one attached hydrogen (secondary N) is 2. The van der Waals surface area contributed by atoms with Crippen LogP contribution in [0.4, 0.5) is 20.2 Å². The number of likely N-dealkylation sites (tertiary alicyclic amines) is 1. The monoisotopic (exact) mass is 547 g/mol. The molecule has 10 nitrogen and oxygen atoms in total. The Labute approximate surface area is 229 Å². The van der Waals surface area contributed by atoms with Crippen LogP contribution in [0.3, 0.4) is 0 Å². The Morgan fingerprint density at radius 2 is 2.08 bits per heavy atom. The Morgan fingerprint density at radius 1 is 1.27 bits per heavy atom. The topological polar surface area (TPSA) is 139 Å². The van der Waals surface area contributed by atoms with Crippen molar-refractivity contribution >= 4 is 28.9 Å². The van der Waals surface area contributed by atoms with Crippen molar-refractivity contribution in [2.75, 3.05) is 36.9 Å². The first-order valence-corrected chi connectivity index (χ1v) is 12.8. The van der Waals surface area contributed by atoms with Crippen LogP contribution in [0, 0.1) is 22.7 Å². The summed E-state index contributed by atoms with van der Waals surface area (Å²) in [7, 11) is 1.72. The second kappa shape index (κ2) is 10.5. The summed E-state index contributed by atoms with van der Waals surface area (Å²) in [6, 6.07) is 13.7. The summed E-state index contributed by atoms with van der Waals surface area (Å²) in [6.45, 7) is 0.968. The lowest BCUT2D eigenvalue weighted by molar-refractivity contribution is -0.149. The minimum Gasteiger partial charge on any atom is -0.388 e. The summed E-state index contributed by atoms with van der Waals surface area (Å²) >= 11 is 0. The molecule has 0 aliphatic carbocycles. The molecule has 2 amide bonds. The number of hydrogen-bond donors (Lipinski definition) is 2. The van der Waals surface area contributed by atoms with Crippen molar-refractivity contribution in [3.63, 3.8) is 0 Å². The lowest BCUT2D eigenvalue weighted by atomic mass is 9.91. The van der Waals surface area contributed by atoms with Crippen LogP contribution in [0.15, 0.2) is 47.0 Å². The molecule has 5 rings (SSSR count). The van der Waals surface area contributed by atoms with Gasteiger partial charge in [-0.05, 0) is 37.6 Å². The van der Waals surface area contributed by atoms with E-state index in [0.717, 1.165) is 4.90 Å². The van der Waals surface area contributed by atoms with E-state index in [0.29, 0.717) is 33.8 Å². The molecule has 0 bridgehead atoms. The van der Waals surface area contributed by atoms with E-state index in [4.69, 9.17) is 15.2 Å². The third-order valence-electron chi connectivity index (χ3n) is 7.36. The molecule has 1 aromatic heterocycles. The highest BCUT2D eigenvalue weighted by atomic mass is 19.3. The Balaban J connectivity index is 1.27. The SMILES string of the molecule is CNc1cc(-c2noc(C3CCN(C(=O)C4CC(=O)N(c5cccc(C#N)c5)C4)CC3(F)F)n2)ccc1C(C)=N. The number of alkyl halides is 2. The molecule has 2 unspecified atom stereocenters. The Kier molecular flexibility index (Phi) is 7.06. The summed E-state index contributed by atoms with van der Waals surface area (Å²) in [5.41, 5.74) is 3.17. The van der Waals surface area contributed by atoms with Crippen molar-refractivity contribution in [2.45, 2.75) is 31.6 Å². The maximum absolute atomic E-state index is 15.4. The number of aromatic nitrogens is 2. The molecule has 2 aromatic carbocycles. The molecule has 40 heavy (non-hydrogen) atoms. The van der Waals surface area contributed by atoms with Gasteiger partial charge in [-0.3, -0.25) is 9.59 Å². The number of halogens is 2. The molecule has 0 saturated carbocycles. The van der Waals surface area contributed by atoms with Gasteiger partial charge in [-0.25, -0.2) is 8.78 Å². The fraction of sp³-hybridized carbons (Fsp3) is 0.357. The van der Waals surface area contributed by atoms with E-state index >= 15 is 8.78 Å². The van der Waals surface area contributed by atoms with E-state index in [1.54, 1.807) is 56.4 Å². The summed E-state index contributed by atoms with van der Waals surface area (Å²) in [6.07, 6.45) is -0.165. The zero-order valence-electron chi connectivity index (χ0n) is 21.9. The Hall–Kier alpha value is -4.66. The number of carbonyl (C=O) groups is 2. The van der Waals surface area contributed by atoms with Gasteiger partial charge in [-0.2, -0.15) is 10.2 Å². The van der Waals surface area contributed by atoms with Gasteiger partial charge < -0.3 is 25.0 Å². The van der Waals surface area contributed by atoms with Crippen LogP contribution in [0.2, 0.25) is 0 Å². The molecule has 2 saturated heterocycles. The van der Waals surface area contributed by atoms with Gasteiger partial charge in [0.25, 0.3) is 5.92 Å². The number of amides is 2. The number of nitrogens with zero attached hydrogens (tertiary/aromatic N) is 5. The first-order valence-electron chi connectivity index (χ1n) is 12.8. The molecule has 2 aliphatic heterocycles. The molecule has 3 heterocycles. The number of piperidine rings is 1. The van der Waals surface area contributed by atoms with Gasteiger partial charge in [0.2, 0.25) is 23.5 Å². The molecule has 2 atom stereocenters. The zero-order chi connectivity index (χ0) is 28.6. The number of benzene rings is 2. The van der Waals surface area contributed by atoms with E-state index in [9.17, 15) is 9.59 Å². The van der Waals surface area contributed by atoms with Gasteiger partial charge in [0.1, 0.15) is 5.92 Å². The van der Waals surface area contributed by atoms with Gasteiger partial charge >= 0.3 is 0 Å². The van der Waals surface area contributed by atoms with E-state index in [2.05, 4.69) is 15.5 Å². The minimum absolute atomic E-state index is 0.0582. The maximum atomic E-state index is 15.4. The van der Waals surface area contributed by atoms with Crippen LogP contribution in [0.25, 0.3) is 11.4 Å². The van der Waals surface area contributed by atoms with Gasteiger partial charge in [0.05, 0.1) is 24.1 Å². The second-order valence-corrected chi connectivity index (χ2v) is 10.0. The molecular weight excluding hydrogens is 520 g/mol. The number of nitriles is 1. The Morgan fingerprint density at radius 3 is 2.77 bits per heavy atom. The summed E-state index contributed by atoms with van der Waals surface area (Å²) in [4.78, 5) is 32.6. The summed E-state index contributed by atoms with van der Waals surface area (Å²) in [5, 5.41) is 23.9. The first-order chi connectivity index (χ1) is 19.1. The van der Waals surface area contributed by atoms with Crippen molar-refractivity contribution in [3.05, 3.63) is 59.5 Å². The van der Waals surface area contributed by atoms with Gasteiger partial charge in [-0.15, -0.1) is 0 Å². The third kappa shape index (κ3) is 5.02. The third-order valence-corrected chi connectivity index (χ3v) is 7.36. The lowest BCUT2D eigenvalue weighted by Crippen LogP contribution is -2.51. The van der Waals surface area contributed by atoms with Crippen LogP contribution in [0.5, 0.6) is 0 Å². The molecule has 2 fully saturated rings. The lowest BCUT2D eigenvalue weighted by Gasteiger charge is -2.37. The van der Waals surface area contributed by atoms with Gasteiger partial charge in [-0.1, -0.05) is 23.4 Å². The molecule has 206 valence electrons. The van der Waals surface area contributed by atoms with Crippen LogP contribution < -0.4 is 10.2 Å². The van der Waals surface area contributed by atoms with Crippen molar-refractivity contribution in [3.8, 4) is 17.5 Å². The van der Waals surface area contributed by atoms with Gasteiger partial charge in [0, 0.05) is 54.8 Å². The van der Waals surface area contributed by atoms with Crippen molar-refractivity contribution in [1.29, 1.82) is 10.7 Å². The normalized spacial score (nSPS) is 20.3. The average molecular weight is 548 g/mol. The van der Waals surface area contributed by atoms with Crippen molar-refractivity contribution < 1.29 is 22.9 Å². The molecule has 0 radical (unpaired) electrons. The van der Waals surface area contributed by atoms with Gasteiger partial charge in [0.15, 0.2) is 0 Å². The highest BCUT2D eigenvalue weighted by molar-refractivity contribution is 6.02. The molecule has 2 aliphatic rings. The largest absolute Gasteiger partial charge is 0.388 e. The molecular formula is C28H27F2N7O3. The summed E-state index contributed by atoms with van der Waals surface area (Å²) < 4.78 is 36.0. The van der Waals surface area contributed by atoms with Crippen molar-refractivity contribution in [1.82, 2.24) is 15.0 Å². The fourth-order valence-corrected chi connectivity index (χ4v) is 5.27. The predicted molar refractivity (Wildman–Crippen MR) is 142 cm³/mol. The average Bonchev–Trinajstić information content (AvgIpc) is 3.58. The zero-order valence-corrected chi connectivity index (χ0v) is 21.9. The smallest absolute Gasteiger partial charge is 0.276 e. The number of anilines is 2. The standard InChI is InChI=1S/C28H27F2N7O3/c1-16(32)21-7-6-18(11-23(21)33-2)25-34-26(40-35-25)22-8-9-36(15-28(22,29)30)27(39)19-12-24(38)37(14-19)20-5-3-4-17(10-20)13-31/h3-7,10-11,19,22,32-33H,8-9,12,14-15H2,1-2H3. The summed E-state index contributed by atoms with van der Waals surface area (Å²) in [5.74, 6) is -6.28. The Bertz CT molecular complexity index is 1530. The van der Waals surface area contributed by atoms with Crippen LogP contribution in [0.1, 0.15) is 42.7 Å². The fourth-order valence-electron chi connectivity index (χ4n) is 5.27. The van der Waals surface area contributed by atoms with Crippen LogP contribution in [-0.4, -0.2) is 65.2 Å². The first kappa shape index (κ1) is 26.9. The maximum Gasteiger partial charge on any atom is 0.276 e. The van der Waals surface area contributed by atoms with E-state index < -0.39 is 30.2 Å². The second-order valence-electron chi connectivity index (χ2n) is 10.0. The molecule has 3 aromatic rings. The number of rotatable bonds is 6. The van der Waals surface area contributed by atoms with Crippen LogP contribution in [-0.2, 0) is 9.59 Å². The highest BCUT2D eigenvalue weighted by Crippen LogP contribution is 2.41. The van der Waals surface area contributed by atoms with Crippen molar-refractivity contribution in [2.24, 2.45) is 5.92 Å². The highest BCUT2D eigenvalue weighted by Gasteiger charge is 2.50.